The summed E-state index contributed by atoms with van der Waals surface area (Å²) in [5.41, 5.74) is 5.79. The van der Waals surface area contributed by atoms with Crippen molar-refractivity contribution in [1.29, 1.82) is 0 Å². The first-order chi connectivity index (χ1) is 9.38. The summed E-state index contributed by atoms with van der Waals surface area (Å²) in [6.07, 6.45) is -4.41. The minimum atomic E-state index is -4.41. The van der Waals surface area contributed by atoms with Crippen molar-refractivity contribution in [3.8, 4) is 0 Å². The molecule has 0 amide bonds. The maximum absolute atomic E-state index is 13.3. The van der Waals surface area contributed by atoms with Gasteiger partial charge in [0, 0.05) is 17.9 Å². The van der Waals surface area contributed by atoms with Crippen molar-refractivity contribution in [3.63, 3.8) is 0 Å². The molecule has 2 rings (SSSR count). The van der Waals surface area contributed by atoms with Gasteiger partial charge in [-0.15, -0.1) is 0 Å². The van der Waals surface area contributed by atoms with Crippen LogP contribution in [0.2, 0.25) is 0 Å². The lowest BCUT2D eigenvalue weighted by Crippen LogP contribution is -2.05. The molecule has 0 aromatic heterocycles. The topological polar surface area (TPSA) is 38.0 Å². The van der Waals surface area contributed by atoms with Crippen LogP contribution in [0, 0.1) is 5.82 Å². The molecule has 0 fully saturated rings. The fraction of sp³-hybridized carbons (Fsp3) is 0.143. The summed E-state index contributed by atoms with van der Waals surface area (Å²) < 4.78 is 51.1. The number of anilines is 2. The maximum atomic E-state index is 13.3. The van der Waals surface area contributed by atoms with Gasteiger partial charge in [0.2, 0.25) is 0 Å². The third-order valence-corrected chi connectivity index (χ3v) is 2.67. The van der Waals surface area contributed by atoms with E-state index in [2.05, 4.69) is 5.32 Å². The van der Waals surface area contributed by atoms with E-state index in [0.717, 1.165) is 12.1 Å². The highest BCUT2D eigenvalue weighted by Crippen LogP contribution is 2.31. The van der Waals surface area contributed by atoms with E-state index in [-0.39, 0.29) is 12.2 Å². The zero-order valence-corrected chi connectivity index (χ0v) is 10.3. The predicted molar refractivity (Wildman–Crippen MR) is 69.0 cm³/mol. The number of nitrogens with one attached hydrogen (secondary N) is 1. The van der Waals surface area contributed by atoms with Gasteiger partial charge < -0.3 is 11.1 Å². The Hall–Kier alpha value is -2.08. The van der Waals surface area contributed by atoms with E-state index in [9.17, 15) is 17.6 Å². The molecule has 0 aliphatic carbocycles. The molecule has 6 heteroatoms. The Balaban J connectivity index is 2.28. The number of nitrogens with two attached hydrogens (primary N) is 1. The molecule has 2 nitrogen and oxygen atoms in total. The van der Waals surface area contributed by atoms with Crippen LogP contribution in [-0.2, 0) is 12.7 Å². The summed E-state index contributed by atoms with van der Waals surface area (Å²) in [7, 11) is 0. The van der Waals surface area contributed by atoms with Crippen molar-refractivity contribution in [2.75, 3.05) is 5.32 Å². The molecular formula is C14H12F4N2. The standard InChI is InChI=1S/C14H12F4N2/c15-11-4-9(8-19)5-13(7-11)20-12-3-1-2-10(6-12)14(16,17)18/h1-7,20H,8,19H2. The van der Waals surface area contributed by atoms with Crippen LogP contribution in [0.1, 0.15) is 11.1 Å². The average Bonchev–Trinajstić information content (AvgIpc) is 2.37. The molecule has 0 aliphatic heterocycles. The Bertz CT molecular complexity index is 608. The van der Waals surface area contributed by atoms with Crippen molar-refractivity contribution >= 4 is 11.4 Å². The molecule has 0 radical (unpaired) electrons. The first-order valence-electron chi connectivity index (χ1n) is 5.82. The van der Waals surface area contributed by atoms with E-state index in [1.165, 1.54) is 24.3 Å². The number of hydrogen-bond acceptors (Lipinski definition) is 2. The molecule has 0 heterocycles. The molecule has 0 saturated heterocycles. The Morgan fingerprint density at radius 1 is 1.00 bits per heavy atom. The van der Waals surface area contributed by atoms with Crippen LogP contribution >= 0.6 is 0 Å². The molecule has 0 saturated carbocycles. The number of alkyl halides is 3. The fourth-order valence-corrected chi connectivity index (χ4v) is 1.78. The first kappa shape index (κ1) is 14.3. The van der Waals surface area contributed by atoms with Gasteiger partial charge in [0.25, 0.3) is 0 Å². The monoisotopic (exact) mass is 284 g/mol. The summed E-state index contributed by atoms with van der Waals surface area (Å²) in [6.45, 7) is 0.148. The zero-order chi connectivity index (χ0) is 14.8. The van der Waals surface area contributed by atoms with E-state index in [4.69, 9.17) is 5.73 Å². The Kier molecular flexibility index (Phi) is 3.94. The van der Waals surface area contributed by atoms with Crippen molar-refractivity contribution in [2.45, 2.75) is 12.7 Å². The van der Waals surface area contributed by atoms with Gasteiger partial charge in [-0.3, -0.25) is 0 Å². The van der Waals surface area contributed by atoms with Crippen LogP contribution in [-0.4, -0.2) is 0 Å². The summed E-state index contributed by atoms with van der Waals surface area (Å²) in [5.74, 6) is -0.498. The van der Waals surface area contributed by atoms with Crippen molar-refractivity contribution in [1.82, 2.24) is 0 Å². The van der Waals surface area contributed by atoms with Crippen molar-refractivity contribution in [2.24, 2.45) is 5.73 Å². The lowest BCUT2D eigenvalue weighted by Gasteiger charge is -2.11. The zero-order valence-electron chi connectivity index (χ0n) is 10.3. The molecule has 0 unspecified atom stereocenters. The third-order valence-electron chi connectivity index (χ3n) is 2.67. The molecular weight excluding hydrogens is 272 g/mol. The fourth-order valence-electron chi connectivity index (χ4n) is 1.78. The van der Waals surface area contributed by atoms with Gasteiger partial charge >= 0.3 is 6.18 Å². The van der Waals surface area contributed by atoms with Gasteiger partial charge in [0.15, 0.2) is 0 Å². The van der Waals surface area contributed by atoms with E-state index >= 15 is 0 Å². The molecule has 0 bridgehead atoms. The smallest absolute Gasteiger partial charge is 0.355 e. The van der Waals surface area contributed by atoms with Crippen molar-refractivity contribution < 1.29 is 17.6 Å². The van der Waals surface area contributed by atoms with Crippen LogP contribution < -0.4 is 11.1 Å². The minimum Gasteiger partial charge on any atom is -0.355 e. The highest BCUT2D eigenvalue weighted by atomic mass is 19.4. The van der Waals surface area contributed by atoms with E-state index in [1.54, 1.807) is 6.07 Å². The Labute approximate surface area is 113 Å². The number of benzene rings is 2. The normalized spacial score (nSPS) is 11.4. The lowest BCUT2D eigenvalue weighted by atomic mass is 10.1. The molecule has 2 aromatic carbocycles. The number of halogens is 4. The predicted octanol–water partition coefficient (Wildman–Crippen LogP) is 4.05. The first-order valence-corrected chi connectivity index (χ1v) is 5.82. The largest absolute Gasteiger partial charge is 0.416 e. The second-order valence-corrected chi connectivity index (χ2v) is 4.26. The summed E-state index contributed by atoms with van der Waals surface area (Å²) in [6, 6.07) is 8.76. The summed E-state index contributed by atoms with van der Waals surface area (Å²) in [4.78, 5) is 0. The van der Waals surface area contributed by atoms with E-state index in [1.807, 2.05) is 0 Å². The van der Waals surface area contributed by atoms with Crippen LogP contribution in [0.25, 0.3) is 0 Å². The number of hydrogen-bond donors (Lipinski definition) is 2. The Morgan fingerprint density at radius 3 is 2.40 bits per heavy atom. The molecule has 106 valence electrons. The average molecular weight is 284 g/mol. The van der Waals surface area contributed by atoms with Crippen molar-refractivity contribution in [3.05, 3.63) is 59.4 Å². The summed E-state index contributed by atoms with van der Waals surface area (Å²) in [5, 5.41) is 2.74. The Morgan fingerprint density at radius 2 is 1.75 bits per heavy atom. The molecule has 0 atom stereocenters. The van der Waals surface area contributed by atoms with Gasteiger partial charge in [-0.05, 0) is 42.0 Å². The third kappa shape index (κ3) is 3.48. The highest BCUT2D eigenvalue weighted by molar-refractivity contribution is 5.61. The van der Waals surface area contributed by atoms with Gasteiger partial charge in [0.1, 0.15) is 5.82 Å². The minimum absolute atomic E-state index is 0.148. The molecule has 0 spiro atoms. The SMILES string of the molecule is NCc1cc(F)cc(Nc2cccc(C(F)(F)F)c2)c1. The maximum Gasteiger partial charge on any atom is 0.416 e. The number of rotatable bonds is 3. The molecule has 3 N–H and O–H groups in total. The quantitative estimate of drug-likeness (QED) is 0.834. The molecule has 0 aliphatic rings. The summed E-state index contributed by atoms with van der Waals surface area (Å²) >= 11 is 0. The van der Waals surface area contributed by atoms with E-state index < -0.39 is 17.6 Å². The van der Waals surface area contributed by atoms with Gasteiger partial charge in [-0.1, -0.05) is 6.07 Å². The lowest BCUT2D eigenvalue weighted by molar-refractivity contribution is -0.137. The second-order valence-electron chi connectivity index (χ2n) is 4.26. The van der Waals surface area contributed by atoms with Crippen LogP contribution in [0.3, 0.4) is 0 Å². The van der Waals surface area contributed by atoms with Gasteiger partial charge in [0.05, 0.1) is 5.56 Å². The molecule has 20 heavy (non-hydrogen) atoms. The second kappa shape index (κ2) is 5.50. The van der Waals surface area contributed by atoms with Crippen LogP contribution in [0.4, 0.5) is 28.9 Å². The van der Waals surface area contributed by atoms with Crippen LogP contribution in [0.15, 0.2) is 42.5 Å². The van der Waals surface area contributed by atoms with Gasteiger partial charge in [-0.2, -0.15) is 13.2 Å². The van der Waals surface area contributed by atoms with Crippen LogP contribution in [0.5, 0.6) is 0 Å². The highest BCUT2D eigenvalue weighted by Gasteiger charge is 2.30. The molecule has 2 aromatic rings. The van der Waals surface area contributed by atoms with E-state index in [0.29, 0.717) is 11.3 Å². The van der Waals surface area contributed by atoms with Gasteiger partial charge in [-0.25, -0.2) is 4.39 Å².